The van der Waals surface area contributed by atoms with Crippen molar-refractivity contribution in [3.8, 4) is 11.6 Å². The summed E-state index contributed by atoms with van der Waals surface area (Å²) in [6.07, 6.45) is 6.05. The SMILES string of the molecule is S=C(NCC1(c2ccccc2)CCCCC1)Nc1nc(Cl)cc(Oc2ccccc2)n1. The first-order chi connectivity index (χ1) is 15.1. The maximum absolute atomic E-state index is 6.17. The highest BCUT2D eigenvalue weighted by atomic mass is 35.5. The number of halogens is 1. The van der Waals surface area contributed by atoms with E-state index in [0.717, 1.165) is 19.4 Å². The number of anilines is 1. The van der Waals surface area contributed by atoms with Gasteiger partial charge in [-0.25, -0.2) is 4.98 Å². The van der Waals surface area contributed by atoms with Crippen LogP contribution >= 0.6 is 23.8 Å². The van der Waals surface area contributed by atoms with Crippen LogP contribution in [0.15, 0.2) is 66.7 Å². The van der Waals surface area contributed by atoms with Crippen molar-refractivity contribution in [2.24, 2.45) is 0 Å². The van der Waals surface area contributed by atoms with Crippen molar-refractivity contribution >= 4 is 34.9 Å². The molecular formula is C24H25ClN4OS. The van der Waals surface area contributed by atoms with Crippen molar-refractivity contribution in [3.05, 3.63) is 77.4 Å². The van der Waals surface area contributed by atoms with Crippen molar-refractivity contribution in [3.63, 3.8) is 0 Å². The predicted molar refractivity (Wildman–Crippen MR) is 129 cm³/mol. The lowest BCUT2D eigenvalue weighted by Crippen LogP contribution is -2.43. The molecule has 1 heterocycles. The molecule has 2 N–H and O–H groups in total. The fourth-order valence-corrected chi connectivity index (χ4v) is 4.43. The van der Waals surface area contributed by atoms with Gasteiger partial charge in [-0.05, 0) is 42.8 Å². The molecule has 1 fully saturated rings. The first kappa shape index (κ1) is 21.5. The molecule has 1 aliphatic carbocycles. The topological polar surface area (TPSA) is 59.1 Å². The molecule has 5 nitrogen and oxygen atoms in total. The highest BCUT2D eigenvalue weighted by Gasteiger charge is 2.33. The first-order valence-electron chi connectivity index (χ1n) is 10.5. The molecule has 7 heteroatoms. The van der Waals surface area contributed by atoms with E-state index in [1.807, 2.05) is 30.3 Å². The van der Waals surface area contributed by atoms with E-state index in [0.29, 0.717) is 22.7 Å². The van der Waals surface area contributed by atoms with E-state index >= 15 is 0 Å². The minimum absolute atomic E-state index is 0.0853. The quantitative estimate of drug-likeness (QED) is 0.347. The molecule has 0 bridgehead atoms. The van der Waals surface area contributed by atoms with Gasteiger partial charge in [0.05, 0.1) is 0 Å². The van der Waals surface area contributed by atoms with Crippen molar-refractivity contribution in [2.45, 2.75) is 37.5 Å². The zero-order valence-corrected chi connectivity index (χ0v) is 18.8. The van der Waals surface area contributed by atoms with Gasteiger partial charge in [-0.15, -0.1) is 0 Å². The van der Waals surface area contributed by atoms with Crippen molar-refractivity contribution in [1.82, 2.24) is 15.3 Å². The summed E-state index contributed by atoms with van der Waals surface area (Å²) in [7, 11) is 0. The minimum atomic E-state index is 0.0853. The van der Waals surface area contributed by atoms with E-state index in [2.05, 4.69) is 50.9 Å². The Balaban J connectivity index is 1.42. The summed E-state index contributed by atoms with van der Waals surface area (Å²) in [5.74, 6) is 1.32. The van der Waals surface area contributed by atoms with Gasteiger partial charge >= 0.3 is 0 Å². The third-order valence-corrected chi connectivity index (χ3v) is 6.09. The summed E-state index contributed by atoms with van der Waals surface area (Å²) in [5.41, 5.74) is 1.45. The normalized spacial score (nSPS) is 15.1. The third-order valence-electron chi connectivity index (χ3n) is 5.65. The van der Waals surface area contributed by atoms with Gasteiger partial charge in [0.2, 0.25) is 11.8 Å². The molecule has 0 atom stereocenters. The molecule has 0 amide bonds. The molecule has 0 spiro atoms. The Morgan fingerprint density at radius 1 is 0.968 bits per heavy atom. The van der Waals surface area contributed by atoms with Crippen LogP contribution in [0, 0.1) is 0 Å². The van der Waals surface area contributed by atoms with E-state index in [-0.39, 0.29) is 10.6 Å². The van der Waals surface area contributed by atoms with E-state index in [1.54, 1.807) is 6.07 Å². The van der Waals surface area contributed by atoms with Crippen LogP contribution in [0.5, 0.6) is 11.6 Å². The number of benzene rings is 2. The smallest absolute Gasteiger partial charge is 0.233 e. The fourth-order valence-electron chi connectivity index (χ4n) is 4.10. The average molecular weight is 453 g/mol. The summed E-state index contributed by atoms with van der Waals surface area (Å²) in [6.45, 7) is 0.761. The lowest BCUT2D eigenvalue weighted by molar-refractivity contribution is 0.292. The Hall–Kier alpha value is -2.70. The van der Waals surface area contributed by atoms with Gasteiger partial charge in [0.25, 0.3) is 0 Å². The molecule has 4 rings (SSSR count). The lowest BCUT2D eigenvalue weighted by Gasteiger charge is -2.38. The second-order valence-electron chi connectivity index (χ2n) is 7.78. The van der Waals surface area contributed by atoms with Crippen LogP contribution in [0.1, 0.15) is 37.7 Å². The summed E-state index contributed by atoms with van der Waals surface area (Å²) in [6, 6.07) is 21.7. The van der Waals surface area contributed by atoms with E-state index in [1.165, 1.54) is 24.8 Å². The zero-order valence-electron chi connectivity index (χ0n) is 17.2. The monoisotopic (exact) mass is 452 g/mol. The van der Waals surface area contributed by atoms with Crippen LogP contribution in [-0.2, 0) is 5.41 Å². The number of ether oxygens (including phenoxy) is 1. The molecule has 0 radical (unpaired) electrons. The van der Waals surface area contributed by atoms with Crippen LogP contribution in [0.25, 0.3) is 0 Å². The Bertz CT molecular complexity index is 1010. The molecule has 1 saturated carbocycles. The molecule has 1 aromatic heterocycles. The number of para-hydroxylation sites is 1. The van der Waals surface area contributed by atoms with Gasteiger partial charge < -0.3 is 15.4 Å². The van der Waals surface area contributed by atoms with E-state index < -0.39 is 0 Å². The number of nitrogens with zero attached hydrogens (tertiary/aromatic N) is 2. The van der Waals surface area contributed by atoms with Crippen molar-refractivity contribution in [2.75, 3.05) is 11.9 Å². The Kier molecular flexibility index (Phi) is 6.99. The van der Waals surface area contributed by atoms with E-state index in [4.69, 9.17) is 28.6 Å². The molecule has 0 unspecified atom stereocenters. The highest BCUT2D eigenvalue weighted by molar-refractivity contribution is 7.80. The number of hydrogen-bond acceptors (Lipinski definition) is 4. The third kappa shape index (κ3) is 5.71. The van der Waals surface area contributed by atoms with Gasteiger partial charge in [0, 0.05) is 18.0 Å². The molecular weight excluding hydrogens is 428 g/mol. The van der Waals surface area contributed by atoms with Crippen molar-refractivity contribution in [1.29, 1.82) is 0 Å². The maximum Gasteiger partial charge on any atom is 0.233 e. The minimum Gasteiger partial charge on any atom is -0.439 e. The van der Waals surface area contributed by atoms with Gasteiger partial charge in [-0.3, -0.25) is 0 Å². The van der Waals surface area contributed by atoms with Crippen LogP contribution in [-0.4, -0.2) is 21.6 Å². The predicted octanol–water partition coefficient (Wildman–Crippen LogP) is 6.11. The van der Waals surface area contributed by atoms with Crippen molar-refractivity contribution < 1.29 is 4.74 Å². The highest BCUT2D eigenvalue weighted by Crippen LogP contribution is 2.38. The lowest BCUT2D eigenvalue weighted by atomic mass is 9.69. The van der Waals surface area contributed by atoms with Gasteiger partial charge in [-0.2, -0.15) is 4.98 Å². The molecule has 2 aromatic carbocycles. The fraction of sp³-hybridized carbons (Fsp3) is 0.292. The van der Waals surface area contributed by atoms with Crippen LogP contribution in [0.4, 0.5) is 5.95 Å². The summed E-state index contributed by atoms with van der Waals surface area (Å²) >= 11 is 11.7. The maximum atomic E-state index is 6.17. The number of hydrogen-bond donors (Lipinski definition) is 2. The summed E-state index contributed by atoms with van der Waals surface area (Å²) < 4.78 is 5.77. The molecule has 0 saturated heterocycles. The van der Waals surface area contributed by atoms with Crippen LogP contribution in [0.3, 0.4) is 0 Å². The second kappa shape index (κ2) is 10.1. The first-order valence-corrected chi connectivity index (χ1v) is 11.3. The number of nitrogens with one attached hydrogen (secondary N) is 2. The van der Waals surface area contributed by atoms with Crippen LogP contribution in [0.2, 0.25) is 5.15 Å². The Morgan fingerprint density at radius 2 is 1.65 bits per heavy atom. The molecule has 1 aliphatic rings. The molecule has 3 aromatic rings. The average Bonchev–Trinajstić information content (AvgIpc) is 2.79. The molecule has 160 valence electrons. The zero-order chi connectivity index (χ0) is 21.5. The van der Waals surface area contributed by atoms with Gasteiger partial charge in [-0.1, -0.05) is 79.4 Å². The second-order valence-corrected chi connectivity index (χ2v) is 8.58. The number of aromatic nitrogens is 2. The molecule has 31 heavy (non-hydrogen) atoms. The Morgan fingerprint density at radius 3 is 2.35 bits per heavy atom. The van der Waals surface area contributed by atoms with Crippen LogP contribution < -0.4 is 15.4 Å². The summed E-state index contributed by atoms with van der Waals surface area (Å²) in [5, 5.41) is 7.18. The Labute approximate surface area is 193 Å². The standard InChI is InChI=1S/C24H25ClN4OS/c25-20-16-21(30-19-12-6-2-7-13-19)28-22(27-20)29-23(31)26-17-24(14-8-3-9-15-24)18-10-4-1-5-11-18/h1-2,4-7,10-13,16H,3,8-9,14-15,17H2,(H2,26,27,28,29,31). The summed E-state index contributed by atoms with van der Waals surface area (Å²) in [4.78, 5) is 8.60. The number of rotatable bonds is 6. The number of thiocarbonyl (C=S) groups is 1. The van der Waals surface area contributed by atoms with E-state index in [9.17, 15) is 0 Å². The molecule has 0 aliphatic heterocycles. The largest absolute Gasteiger partial charge is 0.439 e. The van der Waals surface area contributed by atoms with Gasteiger partial charge in [0.15, 0.2) is 5.11 Å². The van der Waals surface area contributed by atoms with Gasteiger partial charge in [0.1, 0.15) is 10.9 Å².